The summed E-state index contributed by atoms with van der Waals surface area (Å²) >= 11 is 0. The molecule has 2 nitrogen and oxygen atoms in total. The lowest BCUT2D eigenvalue weighted by atomic mass is 9.67. The molecule has 65 heavy (non-hydrogen) atoms. The number of para-hydroxylation sites is 1. The molecular formula is C63H42N2. The van der Waals surface area contributed by atoms with E-state index in [1.165, 1.54) is 99.5 Å². The maximum Gasteiger partial charge on any atom is 0.0713 e. The highest BCUT2D eigenvalue weighted by molar-refractivity contribution is 6.18. The van der Waals surface area contributed by atoms with E-state index in [0.29, 0.717) is 0 Å². The van der Waals surface area contributed by atoms with Crippen LogP contribution < -0.4 is 0 Å². The maximum atomic E-state index is 2.48. The molecule has 0 N–H and O–H groups in total. The van der Waals surface area contributed by atoms with Crippen LogP contribution in [0.1, 0.15) is 22.3 Å². The Kier molecular flexibility index (Phi) is 8.47. The van der Waals surface area contributed by atoms with Crippen LogP contribution in [0.25, 0.3) is 88.6 Å². The lowest BCUT2D eigenvalue weighted by Crippen LogP contribution is -2.28. The van der Waals surface area contributed by atoms with Crippen LogP contribution in [0, 0.1) is 0 Å². The monoisotopic (exact) mass is 826 g/mol. The van der Waals surface area contributed by atoms with Gasteiger partial charge in [0.05, 0.1) is 22.0 Å². The van der Waals surface area contributed by atoms with Crippen molar-refractivity contribution in [1.29, 1.82) is 0 Å². The number of benzene rings is 10. The van der Waals surface area contributed by atoms with Crippen LogP contribution in [0.3, 0.4) is 0 Å². The number of rotatable bonds is 7. The van der Waals surface area contributed by atoms with E-state index in [2.05, 4.69) is 264 Å². The number of fused-ring (bicyclic) bond motifs is 8. The summed E-state index contributed by atoms with van der Waals surface area (Å²) in [4.78, 5) is 0. The zero-order valence-electron chi connectivity index (χ0n) is 35.6. The highest BCUT2D eigenvalue weighted by atomic mass is 15.0. The molecule has 2 heteroatoms. The summed E-state index contributed by atoms with van der Waals surface area (Å²) < 4.78 is 4.85. The van der Waals surface area contributed by atoms with Gasteiger partial charge in [0.2, 0.25) is 0 Å². The minimum Gasteiger partial charge on any atom is -0.316 e. The second kappa shape index (κ2) is 14.8. The Morgan fingerprint density at radius 3 is 1.57 bits per heavy atom. The van der Waals surface area contributed by atoms with Crippen molar-refractivity contribution in [3.63, 3.8) is 0 Å². The maximum absolute atomic E-state index is 2.48. The Morgan fingerprint density at radius 1 is 0.292 bits per heavy atom. The summed E-state index contributed by atoms with van der Waals surface area (Å²) in [5.74, 6) is 0. The summed E-state index contributed by atoms with van der Waals surface area (Å²) in [6, 6.07) is 91.5. The fourth-order valence-corrected chi connectivity index (χ4v) is 11.0. The molecule has 13 rings (SSSR count). The minimum atomic E-state index is -0.462. The van der Waals surface area contributed by atoms with E-state index >= 15 is 0 Å². The largest absolute Gasteiger partial charge is 0.316 e. The fourth-order valence-electron chi connectivity index (χ4n) is 11.0. The van der Waals surface area contributed by atoms with Gasteiger partial charge in [0, 0.05) is 33.7 Å². The van der Waals surface area contributed by atoms with E-state index in [0.717, 1.165) is 11.4 Å². The third-order valence-corrected chi connectivity index (χ3v) is 13.8. The summed E-state index contributed by atoms with van der Waals surface area (Å²) in [6.07, 6.45) is 2.25. The number of hydrogen-bond acceptors (Lipinski definition) is 0. The van der Waals surface area contributed by atoms with Crippen LogP contribution in [-0.4, -0.2) is 9.13 Å². The van der Waals surface area contributed by atoms with E-state index in [1.807, 2.05) is 0 Å². The molecule has 0 spiro atoms. The summed E-state index contributed by atoms with van der Waals surface area (Å²) in [5, 5.41) is 3.69. The quantitative estimate of drug-likeness (QED) is 0.151. The molecule has 0 aliphatic heterocycles. The molecule has 0 atom stereocenters. The van der Waals surface area contributed by atoms with Crippen LogP contribution >= 0.6 is 0 Å². The predicted molar refractivity (Wildman–Crippen MR) is 271 cm³/mol. The Hall–Kier alpha value is -8.46. The van der Waals surface area contributed by atoms with Crippen molar-refractivity contribution < 1.29 is 0 Å². The van der Waals surface area contributed by atoms with Gasteiger partial charge in [-0.15, -0.1) is 0 Å². The van der Waals surface area contributed by atoms with Crippen molar-refractivity contribution in [2.45, 2.75) is 5.41 Å². The molecule has 1 aliphatic carbocycles. The molecule has 0 fully saturated rings. The Balaban J connectivity index is 0.996. The highest BCUT2D eigenvalue weighted by Crippen LogP contribution is 2.56. The molecule has 1 aliphatic rings. The molecule has 2 aromatic heterocycles. The highest BCUT2D eigenvalue weighted by Gasteiger charge is 2.46. The molecule has 0 saturated heterocycles. The van der Waals surface area contributed by atoms with Gasteiger partial charge in [-0.05, 0) is 121 Å². The van der Waals surface area contributed by atoms with E-state index in [-0.39, 0.29) is 0 Å². The van der Waals surface area contributed by atoms with Gasteiger partial charge in [0.1, 0.15) is 0 Å². The number of hydrogen-bond donors (Lipinski definition) is 0. The van der Waals surface area contributed by atoms with Crippen molar-refractivity contribution in [3.8, 4) is 55.9 Å². The average Bonchev–Trinajstić information content (AvgIpc) is 4.06. The number of aromatic nitrogens is 2. The Bertz CT molecular complexity index is 3650. The van der Waals surface area contributed by atoms with E-state index in [4.69, 9.17) is 0 Å². The molecule has 10 aromatic carbocycles. The second-order valence-corrected chi connectivity index (χ2v) is 17.3. The van der Waals surface area contributed by atoms with Gasteiger partial charge in [-0.3, -0.25) is 0 Å². The normalized spacial score (nSPS) is 12.7. The first-order valence-electron chi connectivity index (χ1n) is 22.5. The zero-order chi connectivity index (χ0) is 42.9. The molecule has 2 heterocycles. The third-order valence-electron chi connectivity index (χ3n) is 13.8. The average molecular weight is 827 g/mol. The van der Waals surface area contributed by atoms with Crippen molar-refractivity contribution in [2.75, 3.05) is 0 Å². The van der Waals surface area contributed by atoms with E-state index in [9.17, 15) is 0 Å². The van der Waals surface area contributed by atoms with Gasteiger partial charge in [-0.25, -0.2) is 0 Å². The van der Waals surface area contributed by atoms with Crippen LogP contribution in [0.2, 0.25) is 0 Å². The summed E-state index contributed by atoms with van der Waals surface area (Å²) in [7, 11) is 0. The third kappa shape index (κ3) is 5.74. The molecular weight excluding hydrogens is 785 g/mol. The Labute approximate surface area is 378 Å². The SMILES string of the molecule is c1ccc(-c2cc(-c3ccccc3)cc(-n3ccc4c3ccc3c5ccccc5n(-c5cccc(-c6ccc7c(c6)C(c6ccccc6)(c6ccccc6)c6ccccc6-7)c5)c34)c2)cc1. The first kappa shape index (κ1) is 37.1. The van der Waals surface area contributed by atoms with Crippen molar-refractivity contribution >= 4 is 32.7 Å². The molecule has 12 aromatic rings. The van der Waals surface area contributed by atoms with Crippen LogP contribution in [0.15, 0.2) is 255 Å². The van der Waals surface area contributed by atoms with E-state index < -0.39 is 5.41 Å². The summed E-state index contributed by atoms with van der Waals surface area (Å²) in [5.41, 5.74) is 20.3. The van der Waals surface area contributed by atoms with Crippen LogP contribution in [0.5, 0.6) is 0 Å². The smallest absolute Gasteiger partial charge is 0.0713 e. The van der Waals surface area contributed by atoms with Gasteiger partial charge in [0.25, 0.3) is 0 Å². The van der Waals surface area contributed by atoms with Gasteiger partial charge < -0.3 is 9.13 Å². The Morgan fingerprint density at radius 2 is 0.862 bits per heavy atom. The topological polar surface area (TPSA) is 9.86 Å². The molecule has 0 bridgehead atoms. The molecule has 0 saturated carbocycles. The lowest BCUT2D eigenvalue weighted by Gasteiger charge is -2.34. The second-order valence-electron chi connectivity index (χ2n) is 17.3. The lowest BCUT2D eigenvalue weighted by molar-refractivity contribution is 0.769. The van der Waals surface area contributed by atoms with Crippen molar-refractivity contribution in [2.24, 2.45) is 0 Å². The van der Waals surface area contributed by atoms with Crippen molar-refractivity contribution in [1.82, 2.24) is 9.13 Å². The first-order chi connectivity index (χ1) is 32.2. The fraction of sp³-hybridized carbons (Fsp3) is 0.0159. The number of nitrogens with zero attached hydrogens (tertiary/aromatic N) is 2. The standard InChI is InChI=1S/C63H42N2/c1-5-18-43(19-6-1)47-38-48(44-20-7-2-8-21-44)41-52(40-47)64-37-36-57-60(64)35-34-56-55-29-14-16-31-61(55)65(62(56)57)51-27-17-22-45(39-51)46-32-33-54-53-28-13-15-30-58(53)63(59(54)42-46,49-23-9-3-10-24-49)50-25-11-4-12-26-50/h1-42H. The van der Waals surface area contributed by atoms with Gasteiger partial charge in [0.15, 0.2) is 0 Å². The zero-order valence-corrected chi connectivity index (χ0v) is 35.6. The minimum absolute atomic E-state index is 0.462. The van der Waals surface area contributed by atoms with Crippen LogP contribution in [-0.2, 0) is 5.41 Å². The van der Waals surface area contributed by atoms with Gasteiger partial charge in [-0.2, -0.15) is 0 Å². The van der Waals surface area contributed by atoms with Crippen LogP contribution in [0.4, 0.5) is 0 Å². The molecule has 304 valence electrons. The van der Waals surface area contributed by atoms with E-state index in [1.54, 1.807) is 0 Å². The molecule has 0 unspecified atom stereocenters. The molecule has 0 amide bonds. The van der Waals surface area contributed by atoms with Crippen molar-refractivity contribution in [3.05, 3.63) is 277 Å². The molecule has 0 radical (unpaired) electrons. The van der Waals surface area contributed by atoms with Gasteiger partial charge in [-0.1, -0.05) is 194 Å². The predicted octanol–water partition coefficient (Wildman–Crippen LogP) is 16.1. The first-order valence-corrected chi connectivity index (χ1v) is 22.5. The van der Waals surface area contributed by atoms with Gasteiger partial charge >= 0.3 is 0 Å². The summed E-state index contributed by atoms with van der Waals surface area (Å²) in [6.45, 7) is 0.